The second-order valence-corrected chi connectivity index (χ2v) is 15.8. The fourth-order valence-electron chi connectivity index (χ4n) is 6.77. The first kappa shape index (κ1) is 33.5. The molecule has 4 aromatic heterocycles. The van der Waals surface area contributed by atoms with Gasteiger partial charge < -0.3 is 9.30 Å². The van der Waals surface area contributed by atoms with E-state index in [1.165, 1.54) is 5.56 Å². The van der Waals surface area contributed by atoms with Gasteiger partial charge in [-0.2, -0.15) is 18.2 Å². The Kier molecular flexibility index (Phi) is 8.87. The second kappa shape index (κ2) is 14.3. The molecule has 7 heteroatoms. The van der Waals surface area contributed by atoms with Crippen LogP contribution in [0.2, 0.25) is 0 Å². The van der Waals surface area contributed by atoms with E-state index in [9.17, 15) is 0 Å². The quantitative estimate of drug-likeness (QED) is 0.118. The summed E-state index contributed by atoms with van der Waals surface area (Å²) >= 11 is 0. The van der Waals surface area contributed by atoms with Gasteiger partial charge in [0.2, 0.25) is 0 Å². The maximum Gasteiger partial charge on any atom is 0.269 e. The molecule has 0 radical (unpaired) electrons. The number of benzene rings is 4. The zero-order chi connectivity index (χ0) is 39.8. The van der Waals surface area contributed by atoms with Crippen molar-refractivity contribution in [1.82, 2.24) is 19.1 Å². The van der Waals surface area contributed by atoms with Crippen LogP contribution in [-0.2, 0) is 38.3 Å². The standard InChI is InChI=1S/C47H45N5O.Pt/c1-31(2)24-32-12-11-13-35(25-32)50-30-51(41-19-16-33(26-43(41)50)46(3,4)5)44-29-37(21-23-48-44)53-36-17-18-39-38-14-9-10-15-40(38)52(42(39)28-36)45-27-34(20-22-49-45)47(6,7)8;/h9-23,25-27,31H,24H2,1-8H3;/q-2;/i24D2,31D;. The largest absolute Gasteiger partial charge is 0.522 e. The van der Waals surface area contributed by atoms with Crippen molar-refractivity contribution in [1.29, 1.82) is 0 Å². The maximum atomic E-state index is 8.79. The second-order valence-electron chi connectivity index (χ2n) is 15.8. The summed E-state index contributed by atoms with van der Waals surface area (Å²) in [5, 5.41) is 2.15. The van der Waals surface area contributed by atoms with E-state index in [1.807, 2.05) is 45.7 Å². The van der Waals surface area contributed by atoms with Gasteiger partial charge in [-0.15, -0.1) is 17.5 Å². The average molecular weight is 894 g/mol. The minimum absolute atomic E-state index is 0. The van der Waals surface area contributed by atoms with Crippen LogP contribution < -0.4 is 9.30 Å². The van der Waals surface area contributed by atoms with Crippen LogP contribution in [-0.4, -0.2) is 19.1 Å². The molecule has 0 aliphatic rings. The zero-order valence-corrected chi connectivity index (χ0v) is 34.1. The van der Waals surface area contributed by atoms with E-state index in [0.717, 1.165) is 49.9 Å². The first-order chi connectivity index (χ1) is 26.4. The van der Waals surface area contributed by atoms with Crippen LogP contribution in [0.3, 0.4) is 0 Å². The van der Waals surface area contributed by atoms with Gasteiger partial charge in [-0.05, 0) is 81.8 Å². The number of nitrogens with zero attached hydrogens (tertiary/aromatic N) is 5. The van der Waals surface area contributed by atoms with E-state index >= 15 is 0 Å². The maximum absolute atomic E-state index is 8.79. The molecule has 6 nitrogen and oxygen atoms in total. The Hall–Kier alpha value is -5.06. The molecule has 0 spiro atoms. The Morgan fingerprint density at radius 2 is 1.50 bits per heavy atom. The number of aromatic nitrogens is 5. The van der Waals surface area contributed by atoms with Crippen molar-refractivity contribution in [3.8, 4) is 28.8 Å². The van der Waals surface area contributed by atoms with Gasteiger partial charge in [0.15, 0.2) is 0 Å². The fourth-order valence-corrected chi connectivity index (χ4v) is 6.77. The van der Waals surface area contributed by atoms with Crippen LogP contribution in [0.5, 0.6) is 11.5 Å². The third kappa shape index (κ3) is 7.12. The van der Waals surface area contributed by atoms with Crippen molar-refractivity contribution in [2.24, 2.45) is 5.89 Å². The van der Waals surface area contributed by atoms with Gasteiger partial charge in [0.1, 0.15) is 5.82 Å². The summed E-state index contributed by atoms with van der Waals surface area (Å²) in [6.07, 6.45) is 5.16. The summed E-state index contributed by atoms with van der Waals surface area (Å²) in [5.74, 6) is 0.933. The Balaban J connectivity index is 0.00000496. The molecular formula is C47H45N5OPt-2. The monoisotopic (exact) mass is 893 g/mol. The predicted octanol–water partition coefficient (Wildman–Crippen LogP) is 10.8. The van der Waals surface area contributed by atoms with E-state index in [0.29, 0.717) is 22.9 Å². The predicted molar refractivity (Wildman–Crippen MR) is 214 cm³/mol. The molecule has 0 bridgehead atoms. The molecule has 0 atom stereocenters. The number of imidazole rings is 1. The summed E-state index contributed by atoms with van der Waals surface area (Å²) in [4.78, 5) is 9.51. The molecule has 276 valence electrons. The Labute approximate surface area is 337 Å². The first-order valence-electron chi connectivity index (χ1n) is 19.5. The third-order valence-corrected chi connectivity index (χ3v) is 9.51. The van der Waals surface area contributed by atoms with Crippen molar-refractivity contribution in [2.45, 2.75) is 72.6 Å². The molecule has 0 aliphatic carbocycles. The van der Waals surface area contributed by atoms with Crippen LogP contribution >= 0.6 is 0 Å². The summed E-state index contributed by atoms with van der Waals surface area (Å²) in [6.45, 7) is 16.3. The molecule has 0 saturated heterocycles. The summed E-state index contributed by atoms with van der Waals surface area (Å²) in [7, 11) is 0. The smallest absolute Gasteiger partial charge is 0.269 e. The van der Waals surface area contributed by atoms with Crippen molar-refractivity contribution in [2.75, 3.05) is 0 Å². The molecule has 0 unspecified atom stereocenters. The number of hydrogen-bond donors (Lipinski definition) is 0. The number of fused-ring (bicyclic) bond motifs is 4. The van der Waals surface area contributed by atoms with Crippen molar-refractivity contribution in [3.63, 3.8) is 0 Å². The van der Waals surface area contributed by atoms with E-state index in [-0.39, 0.29) is 31.9 Å². The summed E-state index contributed by atoms with van der Waals surface area (Å²) < 4.78 is 38.5. The number of ether oxygens (including phenoxy) is 1. The molecule has 0 N–H and O–H groups in total. The molecule has 54 heavy (non-hydrogen) atoms. The molecule has 0 amide bonds. The van der Waals surface area contributed by atoms with Crippen molar-refractivity contribution >= 4 is 32.8 Å². The van der Waals surface area contributed by atoms with E-state index < -0.39 is 12.3 Å². The van der Waals surface area contributed by atoms with Gasteiger partial charge in [0, 0.05) is 42.6 Å². The van der Waals surface area contributed by atoms with Gasteiger partial charge in [0.25, 0.3) is 6.33 Å². The molecule has 0 saturated carbocycles. The topological polar surface area (TPSA) is 48.8 Å². The fraction of sp³-hybridized carbons (Fsp3) is 0.255. The molecule has 4 heterocycles. The number of para-hydroxylation sites is 1. The average Bonchev–Trinajstić information content (AvgIpc) is 3.70. The van der Waals surface area contributed by atoms with Crippen molar-refractivity contribution < 1.29 is 34.5 Å². The Morgan fingerprint density at radius 3 is 2.28 bits per heavy atom. The van der Waals surface area contributed by atoms with Crippen LogP contribution in [0.1, 0.15) is 76.2 Å². The van der Waals surface area contributed by atoms with Gasteiger partial charge >= 0.3 is 0 Å². The molecule has 0 aliphatic heterocycles. The SMILES string of the molecule is [2H]C(C)(C)C([2H])([2H])c1cccc(-[n+]2[c-]n(-c3[c-]c(Oc4[c-]c5c(cc4)c4ccccc4n5-c4cc(C(C)(C)C)ccn4)ccn3)c3ccc(C(C)(C)C)cc32)c1.[Pt]. The minimum Gasteiger partial charge on any atom is -0.522 e. The molecule has 8 aromatic rings. The summed E-state index contributed by atoms with van der Waals surface area (Å²) in [6, 6.07) is 38.8. The number of rotatable bonds is 7. The molecule has 8 rings (SSSR count). The molecule has 0 fully saturated rings. The summed E-state index contributed by atoms with van der Waals surface area (Å²) in [5.41, 5.74) is 6.93. The van der Waals surface area contributed by atoms with Crippen LogP contribution in [0.15, 0.2) is 109 Å². The van der Waals surface area contributed by atoms with Crippen LogP contribution in [0.25, 0.3) is 50.2 Å². The van der Waals surface area contributed by atoms with Crippen LogP contribution in [0.4, 0.5) is 0 Å². The van der Waals surface area contributed by atoms with Gasteiger partial charge in [-0.25, -0.2) is 4.98 Å². The van der Waals surface area contributed by atoms with Gasteiger partial charge in [-0.3, -0.25) is 14.1 Å². The third-order valence-electron chi connectivity index (χ3n) is 9.51. The minimum atomic E-state index is -1.89. The van der Waals surface area contributed by atoms with Crippen LogP contribution in [0, 0.1) is 24.4 Å². The normalized spacial score (nSPS) is 13.4. The Morgan fingerprint density at radius 1 is 0.759 bits per heavy atom. The molecule has 4 aromatic carbocycles. The number of pyridine rings is 2. The van der Waals surface area contributed by atoms with Crippen molar-refractivity contribution in [3.05, 3.63) is 145 Å². The first-order valence-corrected chi connectivity index (χ1v) is 18.0. The van der Waals surface area contributed by atoms with E-state index in [4.69, 9.17) is 18.8 Å². The number of hydrogen-bond acceptors (Lipinski definition) is 3. The molecular weight excluding hydrogens is 846 g/mol. The van der Waals surface area contributed by atoms with Gasteiger partial charge in [0.05, 0.1) is 22.5 Å². The van der Waals surface area contributed by atoms with Gasteiger partial charge in [-0.1, -0.05) is 115 Å². The Bertz CT molecular complexity index is 2790. The zero-order valence-electron chi connectivity index (χ0n) is 34.9. The van der Waals surface area contributed by atoms with E-state index in [2.05, 4.69) is 113 Å². The van der Waals surface area contributed by atoms with E-state index in [1.54, 1.807) is 38.2 Å².